The van der Waals surface area contributed by atoms with Gasteiger partial charge in [-0.05, 0) is 61.2 Å². The highest BCUT2D eigenvalue weighted by Gasteiger charge is 2.39. The van der Waals surface area contributed by atoms with Gasteiger partial charge in [-0.2, -0.15) is 5.10 Å². The van der Waals surface area contributed by atoms with Crippen molar-refractivity contribution in [2.24, 2.45) is 5.92 Å². The molecule has 1 atom stereocenters. The topological polar surface area (TPSA) is 96.8 Å². The molecule has 0 spiro atoms. The fourth-order valence-electron chi connectivity index (χ4n) is 5.46. The van der Waals surface area contributed by atoms with Crippen molar-refractivity contribution in [1.82, 2.24) is 19.5 Å². The monoisotopic (exact) mass is 566 g/mol. The minimum absolute atomic E-state index is 0.0214. The molecule has 3 heterocycles. The molecular weight excluding hydrogens is 535 g/mol. The third-order valence-corrected chi connectivity index (χ3v) is 7.65. The number of carbonyl (C=O) groups excluding carboxylic acids is 2. The van der Waals surface area contributed by atoms with Crippen molar-refractivity contribution in [1.29, 1.82) is 0 Å². The number of H-pyrrole nitrogens is 1. The van der Waals surface area contributed by atoms with Crippen molar-refractivity contribution in [3.8, 4) is 11.3 Å². The Hall–Kier alpha value is -4.79. The number of carbonyl (C=O) groups is 2. The van der Waals surface area contributed by atoms with E-state index >= 15 is 0 Å². The normalized spacial score (nSPS) is 14.6. The Bertz CT molecular complexity index is 1860. The second-order valence-corrected chi connectivity index (χ2v) is 11.8. The minimum atomic E-state index is -0.608. The Morgan fingerprint density at radius 1 is 1.02 bits per heavy atom. The predicted octanol–water partition coefficient (Wildman–Crippen LogP) is 6.21. The number of likely N-dealkylation sites (tertiary alicyclic amines) is 1. The lowest BCUT2D eigenvalue weighted by atomic mass is 9.78. The number of aromatic amines is 1. The van der Waals surface area contributed by atoms with E-state index in [1.54, 1.807) is 23.2 Å². The summed E-state index contributed by atoms with van der Waals surface area (Å²) in [5.74, 6) is -0.898. The van der Waals surface area contributed by atoms with Crippen LogP contribution in [0.3, 0.4) is 0 Å². The summed E-state index contributed by atoms with van der Waals surface area (Å²) in [4.78, 5) is 43.6. The smallest absolute Gasteiger partial charge is 0.410 e. The van der Waals surface area contributed by atoms with Gasteiger partial charge in [-0.3, -0.25) is 9.59 Å². The van der Waals surface area contributed by atoms with Crippen LogP contribution in [-0.4, -0.2) is 50.1 Å². The molecule has 0 saturated carbocycles. The van der Waals surface area contributed by atoms with Crippen molar-refractivity contribution >= 4 is 28.2 Å². The van der Waals surface area contributed by atoms with Crippen LogP contribution in [-0.2, 0) is 4.74 Å². The maximum absolute atomic E-state index is 13.7. The Kier molecular flexibility index (Phi) is 6.88. The first-order chi connectivity index (χ1) is 20.0. The van der Waals surface area contributed by atoms with E-state index in [0.29, 0.717) is 18.8 Å². The number of hydrogen-bond acceptors (Lipinski definition) is 5. The minimum Gasteiger partial charge on any atom is -0.444 e. The van der Waals surface area contributed by atoms with Gasteiger partial charge in [0.05, 0.1) is 11.9 Å². The van der Waals surface area contributed by atoms with E-state index in [2.05, 4.69) is 10.1 Å². The Morgan fingerprint density at radius 3 is 2.45 bits per heavy atom. The number of ketones is 1. The number of amides is 1. The third kappa shape index (κ3) is 5.54. The number of halogens is 1. The van der Waals surface area contributed by atoms with Crippen LogP contribution in [0.15, 0.2) is 83.8 Å². The lowest BCUT2D eigenvalue weighted by Gasteiger charge is -2.43. The molecule has 214 valence electrons. The van der Waals surface area contributed by atoms with Crippen LogP contribution in [0, 0.1) is 11.7 Å². The largest absolute Gasteiger partial charge is 0.444 e. The molecule has 1 unspecified atom stereocenters. The number of hydrogen-bond donors (Lipinski definition) is 1. The molecule has 1 saturated heterocycles. The molecule has 3 aromatic carbocycles. The number of ether oxygens (including phenoxy) is 1. The number of nitrogens with one attached hydrogen (secondary N) is 1. The third-order valence-electron chi connectivity index (χ3n) is 7.65. The summed E-state index contributed by atoms with van der Waals surface area (Å²) in [6.45, 7) is 6.28. The molecular formula is C33H31FN4O4. The zero-order valence-electron chi connectivity index (χ0n) is 23.6. The van der Waals surface area contributed by atoms with Gasteiger partial charge in [0.1, 0.15) is 22.6 Å². The quantitative estimate of drug-likeness (QED) is 0.247. The van der Waals surface area contributed by atoms with Gasteiger partial charge in [0.25, 0.3) is 5.56 Å². The molecule has 1 aliphatic rings. The van der Waals surface area contributed by atoms with Gasteiger partial charge in [-0.15, -0.1) is 0 Å². The summed E-state index contributed by atoms with van der Waals surface area (Å²) >= 11 is 0. The predicted molar refractivity (Wildman–Crippen MR) is 158 cm³/mol. The highest BCUT2D eigenvalue weighted by Crippen LogP contribution is 2.36. The maximum atomic E-state index is 13.7. The second-order valence-electron chi connectivity index (χ2n) is 11.8. The SMILES string of the molecule is CC(C)(C)OC(=O)N1CC(C(CC(=O)c2cc3c(=O)[nH]c(-c4ccc5ccccc5c4)cn3n2)c2ccc(F)cc2)C1. The lowest BCUT2D eigenvalue weighted by molar-refractivity contribution is -0.00520. The average molecular weight is 567 g/mol. The summed E-state index contributed by atoms with van der Waals surface area (Å²) < 4.78 is 20.6. The first kappa shape index (κ1) is 27.4. The zero-order chi connectivity index (χ0) is 29.6. The average Bonchev–Trinajstić information content (AvgIpc) is 3.36. The Balaban J connectivity index is 1.25. The highest BCUT2D eigenvalue weighted by molar-refractivity contribution is 5.96. The number of benzene rings is 3. The number of nitrogens with zero attached hydrogens (tertiary/aromatic N) is 3. The molecule has 0 aliphatic carbocycles. The molecule has 6 rings (SSSR count). The van der Waals surface area contributed by atoms with Gasteiger partial charge in [0.2, 0.25) is 0 Å². The van der Waals surface area contributed by atoms with Gasteiger partial charge < -0.3 is 14.6 Å². The highest BCUT2D eigenvalue weighted by atomic mass is 19.1. The van der Waals surface area contributed by atoms with Crippen LogP contribution >= 0.6 is 0 Å². The fourth-order valence-corrected chi connectivity index (χ4v) is 5.46. The molecule has 5 aromatic rings. The lowest BCUT2D eigenvalue weighted by Crippen LogP contribution is -2.53. The molecule has 2 aromatic heterocycles. The maximum Gasteiger partial charge on any atom is 0.410 e. The second kappa shape index (κ2) is 10.6. The first-order valence-electron chi connectivity index (χ1n) is 13.9. The van der Waals surface area contributed by atoms with E-state index in [4.69, 9.17) is 4.74 Å². The zero-order valence-corrected chi connectivity index (χ0v) is 23.6. The van der Waals surface area contributed by atoms with Crippen molar-refractivity contribution in [2.75, 3.05) is 13.1 Å². The summed E-state index contributed by atoms with van der Waals surface area (Å²) in [7, 11) is 0. The van der Waals surface area contributed by atoms with Gasteiger partial charge in [-0.25, -0.2) is 13.7 Å². The molecule has 1 fully saturated rings. The van der Waals surface area contributed by atoms with E-state index in [1.165, 1.54) is 22.7 Å². The molecule has 0 radical (unpaired) electrons. The summed E-state index contributed by atoms with van der Waals surface area (Å²) in [5.41, 5.74) is 1.69. The van der Waals surface area contributed by atoms with E-state index in [9.17, 15) is 18.8 Å². The van der Waals surface area contributed by atoms with E-state index in [0.717, 1.165) is 21.9 Å². The van der Waals surface area contributed by atoms with Crippen molar-refractivity contribution in [2.45, 2.75) is 38.7 Å². The molecule has 1 N–H and O–H groups in total. The molecule has 8 nitrogen and oxygen atoms in total. The number of Topliss-reactive ketones (excluding diaryl/α,β-unsaturated/α-hetero) is 1. The molecule has 0 bridgehead atoms. The van der Waals surface area contributed by atoms with E-state index in [1.807, 2.05) is 63.2 Å². The number of aromatic nitrogens is 3. The van der Waals surface area contributed by atoms with Crippen molar-refractivity contribution in [3.63, 3.8) is 0 Å². The molecule has 1 aliphatic heterocycles. The molecule has 9 heteroatoms. The first-order valence-corrected chi connectivity index (χ1v) is 13.9. The molecule has 1 amide bonds. The fraction of sp³-hybridized carbons (Fsp3) is 0.273. The van der Waals surface area contributed by atoms with Crippen LogP contribution in [0.4, 0.5) is 9.18 Å². The van der Waals surface area contributed by atoms with Crippen LogP contribution in [0.2, 0.25) is 0 Å². The van der Waals surface area contributed by atoms with E-state index < -0.39 is 11.7 Å². The van der Waals surface area contributed by atoms with Gasteiger partial charge in [0, 0.05) is 37.1 Å². The van der Waals surface area contributed by atoms with Gasteiger partial charge in [0.15, 0.2) is 5.78 Å². The van der Waals surface area contributed by atoms with Crippen molar-refractivity contribution < 1.29 is 18.7 Å². The van der Waals surface area contributed by atoms with E-state index in [-0.39, 0.29) is 46.6 Å². The molecule has 42 heavy (non-hydrogen) atoms. The number of rotatable bonds is 6. The Labute approximate surface area is 241 Å². The van der Waals surface area contributed by atoms with Gasteiger partial charge in [-0.1, -0.05) is 48.5 Å². The van der Waals surface area contributed by atoms with Crippen LogP contribution in [0.1, 0.15) is 49.2 Å². The number of fused-ring (bicyclic) bond motifs is 2. The van der Waals surface area contributed by atoms with Crippen LogP contribution in [0.25, 0.3) is 27.5 Å². The van der Waals surface area contributed by atoms with Crippen LogP contribution < -0.4 is 5.56 Å². The standard InChI is InChI=1S/C33H31FN4O4/c1-33(2,3)42-32(41)37-17-24(18-37)26(21-10-12-25(34)13-11-21)15-30(39)27-16-29-31(40)35-28(19-38(29)36-27)23-9-8-20-6-4-5-7-22(20)14-23/h4-14,16,19,24,26H,15,17-18H2,1-3H3,(H,35,40). The van der Waals surface area contributed by atoms with Gasteiger partial charge >= 0.3 is 6.09 Å². The van der Waals surface area contributed by atoms with Crippen molar-refractivity contribution in [3.05, 3.63) is 106 Å². The summed E-state index contributed by atoms with van der Waals surface area (Å²) in [6, 6.07) is 21.5. The Morgan fingerprint density at radius 2 is 1.74 bits per heavy atom. The summed E-state index contributed by atoms with van der Waals surface area (Å²) in [6.07, 6.45) is 1.40. The summed E-state index contributed by atoms with van der Waals surface area (Å²) in [5, 5.41) is 6.60. The van der Waals surface area contributed by atoms with Crippen LogP contribution in [0.5, 0.6) is 0 Å².